The summed E-state index contributed by atoms with van der Waals surface area (Å²) >= 11 is 3.45. The first-order valence-electron chi connectivity index (χ1n) is 6.02. The second-order valence-electron chi connectivity index (χ2n) is 4.29. The van der Waals surface area contributed by atoms with E-state index in [9.17, 15) is 9.90 Å². The zero-order chi connectivity index (χ0) is 15.0. The maximum Gasteiger partial charge on any atom is 0.338 e. The Balaban J connectivity index is 2.22. The van der Waals surface area contributed by atoms with Crippen LogP contribution in [0.2, 0.25) is 0 Å². The molecule has 0 unspecified atom stereocenters. The molecule has 3 aromatic rings. The monoisotopic (exact) mass is 347 g/mol. The number of carbonyl (C=O) groups is 1. The predicted octanol–water partition coefficient (Wildman–Crippen LogP) is 3.09. The van der Waals surface area contributed by atoms with Gasteiger partial charge in [0.05, 0.1) is 18.2 Å². The molecule has 7 heteroatoms. The lowest BCUT2D eigenvalue weighted by molar-refractivity contribution is 0.0698. The first-order chi connectivity index (χ1) is 10.1. The van der Waals surface area contributed by atoms with Crippen molar-refractivity contribution in [2.24, 2.45) is 0 Å². The van der Waals surface area contributed by atoms with Gasteiger partial charge in [0.15, 0.2) is 5.65 Å². The van der Waals surface area contributed by atoms with Gasteiger partial charge in [0.2, 0.25) is 0 Å². The van der Waals surface area contributed by atoms with Crippen LogP contribution in [-0.2, 0) is 0 Å². The minimum Gasteiger partial charge on any atom is -0.497 e. The number of carboxylic acids is 1. The van der Waals surface area contributed by atoms with E-state index in [-0.39, 0.29) is 5.56 Å². The molecule has 0 spiro atoms. The number of methoxy groups -OCH3 is 1. The van der Waals surface area contributed by atoms with Gasteiger partial charge in [-0.2, -0.15) is 0 Å². The number of ether oxygens (including phenoxy) is 1. The Hall–Kier alpha value is -2.41. The number of halogens is 1. The summed E-state index contributed by atoms with van der Waals surface area (Å²) in [5.41, 5.74) is 1.66. The number of nitrogens with one attached hydrogen (secondary N) is 1. The van der Waals surface area contributed by atoms with E-state index in [2.05, 4.69) is 30.9 Å². The largest absolute Gasteiger partial charge is 0.497 e. The van der Waals surface area contributed by atoms with Gasteiger partial charge in [-0.25, -0.2) is 14.8 Å². The Bertz CT molecular complexity index is 845. The third-order valence-electron chi connectivity index (χ3n) is 3.05. The van der Waals surface area contributed by atoms with Gasteiger partial charge in [-0.15, -0.1) is 0 Å². The molecule has 0 aliphatic carbocycles. The predicted molar refractivity (Wildman–Crippen MR) is 80.5 cm³/mol. The quantitative estimate of drug-likeness (QED) is 0.759. The Kier molecular flexibility index (Phi) is 3.34. The van der Waals surface area contributed by atoms with Crippen LogP contribution in [0.15, 0.2) is 34.9 Å². The van der Waals surface area contributed by atoms with E-state index in [1.807, 2.05) is 18.2 Å². The number of aromatic amines is 1. The van der Waals surface area contributed by atoms with Crippen molar-refractivity contribution in [3.63, 3.8) is 0 Å². The fourth-order valence-electron chi connectivity index (χ4n) is 2.03. The molecule has 0 saturated heterocycles. The van der Waals surface area contributed by atoms with Crippen LogP contribution in [0.1, 0.15) is 10.4 Å². The molecule has 21 heavy (non-hydrogen) atoms. The number of hydrogen-bond donors (Lipinski definition) is 2. The van der Waals surface area contributed by atoms with Crippen LogP contribution in [0.4, 0.5) is 0 Å². The molecule has 0 radical (unpaired) electrons. The van der Waals surface area contributed by atoms with E-state index < -0.39 is 5.97 Å². The van der Waals surface area contributed by atoms with Crippen molar-refractivity contribution in [1.82, 2.24) is 15.0 Å². The van der Waals surface area contributed by atoms with E-state index in [1.165, 1.54) is 12.3 Å². The van der Waals surface area contributed by atoms with Crippen LogP contribution < -0.4 is 4.74 Å². The molecule has 2 heterocycles. The molecule has 106 valence electrons. The summed E-state index contributed by atoms with van der Waals surface area (Å²) < 4.78 is 6.01. The third kappa shape index (κ3) is 2.36. The number of aromatic nitrogens is 3. The lowest BCUT2D eigenvalue weighted by atomic mass is 10.2. The molecule has 0 aliphatic heterocycles. The summed E-state index contributed by atoms with van der Waals surface area (Å²) in [6.07, 6.45) is 1.43. The summed E-state index contributed by atoms with van der Waals surface area (Å²) in [5, 5.41) is 9.19. The first-order valence-corrected chi connectivity index (χ1v) is 6.81. The molecular weight excluding hydrogens is 338 g/mol. The van der Waals surface area contributed by atoms with Crippen molar-refractivity contribution >= 4 is 33.1 Å². The van der Waals surface area contributed by atoms with Gasteiger partial charge in [-0.05, 0) is 24.3 Å². The molecule has 0 atom stereocenters. The van der Waals surface area contributed by atoms with Crippen LogP contribution >= 0.6 is 15.9 Å². The summed E-state index contributed by atoms with van der Waals surface area (Å²) in [7, 11) is 1.58. The molecule has 0 saturated carbocycles. The van der Waals surface area contributed by atoms with Crippen molar-refractivity contribution < 1.29 is 14.6 Å². The van der Waals surface area contributed by atoms with Gasteiger partial charge in [0.1, 0.15) is 11.6 Å². The Morgan fingerprint density at radius 2 is 2.19 bits per heavy atom. The summed E-state index contributed by atoms with van der Waals surface area (Å²) in [6, 6.07) is 6.90. The number of H-pyrrole nitrogens is 1. The molecule has 3 rings (SSSR count). The standard InChI is InChI=1S/C14H10BrN3O3/c1-21-7-2-3-10(15)9(6-7)12-17-11-8(14(19)20)4-5-16-13(11)18-12/h2-6H,1H3,(H,19,20)(H,16,17,18). The van der Waals surface area contributed by atoms with Gasteiger partial charge >= 0.3 is 5.97 Å². The molecule has 2 N–H and O–H groups in total. The van der Waals surface area contributed by atoms with Crippen LogP contribution in [0.25, 0.3) is 22.6 Å². The second-order valence-corrected chi connectivity index (χ2v) is 5.15. The van der Waals surface area contributed by atoms with Gasteiger partial charge in [-0.3, -0.25) is 0 Å². The van der Waals surface area contributed by atoms with Crippen LogP contribution in [0.5, 0.6) is 5.75 Å². The van der Waals surface area contributed by atoms with Crippen molar-refractivity contribution in [2.75, 3.05) is 7.11 Å². The normalized spacial score (nSPS) is 10.8. The van der Waals surface area contributed by atoms with Gasteiger partial charge < -0.3 is 14.8 Å². The average molecular weight is 348 g/mol. The molecule has 1 aromatic carbocycles. The van der Waals surface area contributed by atoms with E-state index in [0.29, 0.717) is 22.7 Å². The number of aromatic carboxylic acids is 1. The highest BCUT2D eigenvalue weighted by molar-refractivity contribution is 9.10. The summed E-state index contributed by atoms with van der Waals surface area (Å²) in [4.78, 5) is 22.7. The number of fused-ring (bicyclic) bond motifs is 1. The SMILES string of the molecule is COc1ccc(Br)c(-c2nc3nccc(C(=O)O)c3[nH]2)c1. The maximum atomic E-state index is 11.2. The van der Waals surface area contributed by atoms with Crippen molar-refractivity contribution in [1.29, 1.82) is 0 Å². The zero-order valence-corrected chi connectivity index (χ0v) is 12.5. The lowest BCUT2D eigenvalue weighted by Crippen LogP contribution is -1.97. The van der Waals surface area contributed by atoms with E-state index >= 15 is 0 Å². The number of hydrogen-bond acceptors (Lipinski definition) is 4. The number of benzene rings is 1. The van der Waals surface area contributed by atoms with E-state index in [1.54, 1.807) is 7.11 Å². The fraction of sp³-hybridized carbons (Fsp3) is 0.0714. The highest BCUT2D eigenvalue weighted by Crippen LogP contribution is 2.31. The maximum absolute atomic E-state index is 11.2. The van der Waals surface area contributed by atoms with Gasteiger partial charge in [0, 0.05) is 16.2 Å². The Morgan fingerprint density at radius 1 is 1.38 bits per heavy atom. The number of carboxylic acid groups (broad SMARTS) is 1. The van der Waals surface area contributed by atoms with Gasteiger partial charge in [-0.1, -0.05) is 15.9 Å². The van der Waals surface area contributed by atoms with E-state index in [0.717, 1.165) is 10.0 Å². The third-order valence-corrected chi connectivity index (χ3v) is 3.74. The number of imidazole rings is 1. The highest BCUT2D eigenvalue weighted by atomic mass is 79.9. The molecular formula is C14H10BrN3O3. The summed E-state index contributed by atoms with van der Waals surface area (Å²) in [6.45, 7) is 0. The number of rotatable bonds is 3. The van der Waals surface area contributed by atoms with Crippen LogP contribution in [0, 0.1) is 0 Å². The number of nitrogens with zero attached hydrogens (tertiary/aromatic N) is 2. The molecule has 6 nitrogen and oxygen atoms in total. The van der Waals surface area contributed by atoms with Gasteiger partial charge in [0.25, 0.3) is 0 Å². The minimum atomic E-state index is -1.03. The van der Waals surface area contributed by atoms with Crippen molar-refractivity contribution in [3.8, 4) is 17.1 Å². The van der Waals surface area contributed by atoms with Crippen LogP contribution in [0.3, 0.4) is 0 Å². The molecule has 0 fully saturated rings. The van der Waals surface area contributed by atoms with Crippen molar-refractivity contribution in [3.05, 3.63) is 40.5 Å². The smallest absolute Gasteiger partial charge is 0.338 e. The molecule has 0 amide bonds. The van der Waals surface area contributed by atoms with E-state index in [4.69, 9.17) is 4.74 Å². The van der Waals surface area contributed by atoms with Crippen LogP contribution in [-0.4, -0.2) is 33.1 Å². The highest BCUT2D eigenvalue weighted by Gasteiger charge is 2.15. The zero-order valence-electron chi connectivity index (χ0n) is 10.9. The molecule has 0 bridgehead atoms. The number of pyridine rings is 1. The Labute approximate surface area is 127 Å². The molecule has 0 aliphatic rings. The lowest BCUT2D eigenvalue weighted by Gasteiger charge is -2.04. The first kappa shape index (κ1) is 13.6. The topological polar surface area (TPSA) is 88.1 Å². The minimum absolute atomic E-state index is 0.137. The summed E-state index contributed by atoms with van der Waals surface area (Å²) in [5.74, 6) is 0.180. The molecule has 2 aromatic heterocycles. The fourth-order valence-corrected chi connectivity index (χ4v) is 2.46. The average Bonchev–Trinajstić information content (AvgIpc) is 2.91. The second kappa shape index (κ2) is 5.17. The Morgan fingerprint density at radius 3 is 2.90 bits per heavy atom. The van der Waals surface area contributed by atoms with Crippen molar-refractivity contribution in [2.45, 2.75) is 0 Å².